The van der Waals surface area contributed by atoms with E-state index in [1.807, 2.05) is 41.5 Å². The molecule has 2 aromatic heterocycles. The Morgan fingerprint density at radius 2 is 2.10 bits per heavy atom. The minimum atomic E-state index is 0.453. The fraction of sp³-hybridized carbons (Fsp3) is 0.250. The fourth-order valence-electron chi connectivity index (χ4n) is 2.83. The van der Waals surface area contributed by atoms with E-state index in [-0.39, 0.29) is 0 Å². The number of pyridine rings is 1. The highest BCUT2D eigenvalue weighted by Crippen LogP contribution is 2.34. The Kier molecular flexibility index (Phi) is 2.77. The molecule has 1 aliphatic rings. The number of benzene rings is 1. The van der Waals surface area contributed by atoms with Crippen LogP contribution in [0.15, 0.2) is 48.9 Å². The van der Waals surface area contributed by atoms with E-state index in [4.69, 9.17) is 4.74 Å². The summed E-state index contributed by atoms with van der Waals surface area (Å²) in [4.78, 5) is 6.78. The van der Waals surface area contributed by atoms with Crippen LogP contribution < -0.4 is 9.64 Å². The molecule has 106 valence electrons. The lowest BCUT2D eigenvalue weighted by molar-refractivity contribution is 0.369. The minimum Gasteiger partial charge on any atom is -0.497 e. The van der Waals surface area contributed by atoms with E-state index >= 15 is 0 Å². The molecule has 0 bridgehead atoms. The van der Waals surface area contributed by atoms with Gasteiger partial charge in [-0.1, -0.05) is 0 Å². The van der Waals surface area contributed by atoms with E-state index in [1.54, 1.807) is 7.11 Å². The van der Waals surface area contributed by atoms with Crippen LogP contribution in [0.5, 0.6) is 5.75 Å². The molecular weight excluding hydrogens is 264 g/mol. The fourth-order valence-corrected chi connectivity index (χ4v) is 2.83. The van der Waals surface area contributed by atoms with Crippen molar-refractivity contribution < 1.29 is 4.74 Å². The predicted octanol–water partition coefficient (Wildman–Crippen LogP) is 2.50. The monoisotopic (exact) mass is 280 g/mol. The summed E-state index contributed by atoms with van der Waals surface area (Å²) in [5.74, 6) is 0.862. The number of anilines is 1. The normalized spacial score (nSPS) is 15.2. The van der Waals surface area contributed by atoms with Crippen molar-refractivity contribution in [2.75, 3.05) is 25.1 Å². The molecule has 5 heteroatoms. The van der Waals surface area contributed by atoms with E-state index in [0.717, 1.165) is 29.7 Å². The van der Waals surface area contributed by atoms with Crippen LogP contribution >= 0.6 is 0 Å². The van der Waals surface area contributed by atoms with Gasteiger partial charge >= 0.3 is 0 Å². The molecule has 0 spiro atoms. The van der Waals surface area contributed by atoms with Crippen LogP contribution in [-0.2, 0) is 0 Å². The molecule has 4 rings (SSSR count). The first-order chi connectivity index (χ1) is 10.3. The number of aromatic nitrogens is 3. The zero-order valence-electron chi connectivity index (χ0n) is 11.8. The van der Waals surface area contributed by atoms with E-state index in [1.165, 1.54) is 5.69 Å². The van der Waals surface area contributed by atoms with Crippen molar-refractivity contribution in [3.05, 3.63) is 48.9 Å². The first-order valence-corrected chi connectivity index (χ1v) is 7.02. The van der Waals surface area contributed by atoms with Gasteiger partial charge in [0.2, 0.25) is 0 Å². The zero-order valence-corrected chi connectivity index (χ0v) is 11.8. The van der Waals surface area contributed by atoms with Gasteiger partial charge in [0.1, 0.15) is 5.75 Å². The topological polar surface area (TPSA) is 43.2 Å². The molecule has 3 aromatic rings. The Morgan fingerprint density at radius 3 is 2.86 bits per heavy atom. The van der Waals surface area contributed by atoms with Gasteiger partial charge in [-0.05, 0) is 30.3 Å². The van der Waals surface area contributed by atoms with Gasteiger partial charge in [0.15, 0.2) is 0 Å². The van der Waals surface area contributed by atoms with E-state index in [0.29, 0.717) is 6.04 Å². The molecule has 3 heterocycles. The number of hydrogen-bond donors (Lipinski definition) is 0. The molecule has 0 unspecified atom stereocenters. The van der Waals surface area contributed by atoms with Crippen LogP contribution in [0.4, 0.5) is 5.69 Å². The van der Waals surface area contributed by atoms with Gasteiger partial charge in [-0.15, -0.1) is 0 Å². The van der Waals surface area contributed by atoms with Gasteiger partial charge in [0.05, 0.1) is 18.7 Å². The molecule has 1 saturated heterocycles. The summed E-state index contributed by atoms with van der Waals surface area (Å²) in [6.07, 6.45) is 5.72. The summed E-state index contributed by atoms with van der Waals surface area (Å²) >= 11 is 0. The van der Waals surface area contributed by atoms with Crippen LogP contribution in [0, 0.1) is 0 Å². The Labute approximate surface area is 122 Å². The molecule has 1 aliphatic heterocycles. The highest BCUT2D eigenvalue weighted by Gasteiger charge is 2.29. The maximum Gasteiger partial charge on any atom is 0.119 e. The molecule has 0 atom stereocenters. The molecule has 21 heavy (non-hydrogen) atoms. The first-order valence-electron chi connectivity index (χ1n) is 7.02. The number of methoxy groups -OCH3 is 1. The number of ether oxygens (including phenoxy) is 1. The maximum absolute atomic E-state index is 5.33. The second-order valence-corrected chi connectivity index (χ2v) is 5.26. The second-order valence-electron chi connectivity index (χ2n) is 5.26. The molecule has 0 aliphatic carbocycles. The van der Waals surface area contributed by atoms with Crippen LogP contribution in [0.2, 0.25) is 0 Å². The lowest BCUT2D eigenvalue weighted by atomic mass is 10.1. The second kappa shape index (κ2) is 4.77. The number of hydrogen-bond acceptors (Lipinski definition) is 4. The lowest BCUT2D eigenvalue weighted by Gasteiger charge is -2.41. The van der Waals surface area contributed by atoms with E-state index in [2.05, 4.69) is 27.1 Å². The third kappa shape index (κ3) is 2.01. The molecule has 5 nitrogen and oxygen atoms in total. The maximum atomic E-state index is 5.33. The Balaban J connectivity index is 1.65. The predicted molar refractivity (Wildman–Crippen MR) is 81.8 cm³/mol. The van der Waals surface area contributed by atoms with Gasteiger partial charge < -0.3 is 9.64 Å². The van der Waals surface area contributed by atoms with Gasteiger partial charge in [-0.25, -0.2) is 0 Å². The van der Waals surface area contributed by atoms with Crippen LogP contribution in [0.25, 0.3) is 10.9 Å². The third-order valence-electron chi connectivity index (χ3n) is 4.03. The standard InChI is InChI=1S/C16H16N4O/c1-21-13-3-4-15-14(9-13)16(5-7-17-15)19-10-12(11-19)20-8-2-6-18-20/h2-9,12H,10-11H2,1H3. The molecule has 0 saturated carbocycles. The average Bonchev–Trinajstić information content (AvgIpc) is 2.99. The van der Waals surface area contributed by atoms with Crippen molar-refractivity contribution in [1.29, 1.82) is 0 Å². The summed E-state index contributed by atoms with van der Waals surface area (Å²) < 4.78 is 7.36. The average molecular weight is 280 g/mol. The highest BCUT2D eigenvalue weighted by atomic mass is 16.5. The van der Waals surface area contributed by atoms with Crippen LogP contribution in [0.3, 0.4) is 0 Å². The molecule has 1 fully saturated rings. The van der Waals surface area contributed by atoms with Gasteiger partial charge in [0, 0.05) is 42.8 Å². The van der Waals surface area contributed by atoms with Crippen molar-refractivity contribution in [3.8, 4) is 5.75 Å². The van der Waals surface area contributed by atoms with E-state index in [9.17, 15) is 0 Å². The summed E-state index contributed by atoms with van der Waals surface area (Å²) in [7, 11) is 1.69. The number of fused-ring (bicyclic) bond motifs is 1. The van der Waals surface area contributed by atoms with Crippen LogP contribution in [0.1, 0.15) is 6.04 Å². The Hall–Kier alpha value is -2.56. The summed E-state index contributed by atoms with van der Waals surface area (Å²) in [5, 5.41) is 5.45. The molecule has 0 amide bonds. The smallest absolute Gasteiger partial charge is 0.119 e. The van der Waals surface area contributed by atoms with Crippen molar-refractivity contribution in [1.82, 2.24) is 14.8 Å². The molecule has 0 N–H and O–H groups in total. The Bertz CT molecular complexity index is 763. The van der Waals surface area contributed by atoms with Crippen molar-refractivity contribution in [2.45, 2.75) is 6.04 Å². The zero-order chi connectivity index (χ0) is 14.2. The van der Waals surface area contributed by atoms with Gasteiger partial charge in [-0.3, -0.25) is 9.67 Å². The quantitative estimate of drug-likeness (QED) is 0.739. The number of nitrogens with zero attached hydrogens (tertiary/aromatic N) is 4. The van der Waals surface area contributed by atoms with Crippen molar-refractivity contribution in [3.63, 3.8) is 0 Å². The Morgan fingerprint density at radius 1 is 1.19 bits per heavy atom. The lowest BCUT2D eigenvalue weighted by Crippen LogP contribution is -2.48. The van der Waals surface area contributed by atoms with Gasteiger partial charge in [-0.2, -0.15) is 5.10 Å². The highest BCUT2D eigenvalue weighted by molar-refractivity contribution is 5.92. The minimum absolute atomic E-state index is 0.453. The van der Waals surface area contributed by atoms with E-state index < -0.39 is 0 Å². The van der Waals surface area contributed by atoms with Crippen molar-refractivity contribution in [2.24, 2.45) is 0 Å². The van der Waals surface area contributed by atoms with Crippen LogP contribution in [-0.4, -0.2) is 35.0 Å². The molecule has 0 radical (unpaired) electrons. The third-order valence-corrected chi connectivity index (χ3v) is 4.03. The summed E-state index contributed by atoms with van der Waals surface area (Å²) in [6.45, 7) is 1.94. The summed E-state index contributed by atoms with van der Waals surface area (Å²) in [6, 6.07) is 10.5. The first kappa shape index (κ1) is 12.2. The molecular formula is C16H16N4O. The number of rotatable bonds is 3. The SMILES string of the molecule is COc1ccc2nccc(N3CC(n4cccn4)C3)c2c1. The largest absolute Gasteiger partial charge is 0.497 e. The van der Waals surface area contributed by atoms with Gasteiger partial charge in [0.25, 0.3) is 0 Å². The molecule has 1 aromatic carbocycles. The summed E-state index contributed by atoms with van der Waals surface area (Å²) in [5.41, 5.74) is 2.21. The van der Waals surface area contributed by atoms with Crippen molar-refractivity contribution >= 4 is 16.6 Å².